The molecular formula is C33H38ClN7O4. The van der Waals surface area contributed by atoms with Gasteiger partial charge in [0.2, 0.25) is 11.8 Å². The molecule has 1 saturated carbocycles. The largest absolute Gasteiger partial charge is 0.489 e. The fourth-order valence-electron chi connectivity index (χ4n) is 6.11. The smallest absolute Gasteiger partial charge is 0.247 e. The highest BCUT2D eigenvalue weighted by Crippen LogP contribution is 2.34. The molecule has 2 amide bonds. The maximum atomic E-state index is 13.1. The number of pyridine rings is 1. The summed E-state index contributed by atoms with van der Waals surface area (Å²) in [7, 11) is 0. The number of hydrogen-bond acceptors (Lipinski definition) is 9. The third-order valence-electron chi connectivity index (χ3n) is 8.61. The Bertz CT molecular complexity index is 1540. The fraction of sp³-hybridized carbons (Fsp3) is 0.424. The monoisotopic (exact) mass is 631 g/mol. The molecule has 1 saturated heterocycles. The Morgan fingerprint density at radius 1 is 1.09 bits per heavy atom. The quantitative estimate of drug-likeness (QED) is 0.260. The van der Waals surface area contributed by atoms with Gasteiger partial charge in [0, 0.05) is 62.4 Å². The number of amides is 2. The van der Waals surface area contributed by atoms with Crippen molar-refractivity contribution in [3.8, 4) is 5.75 Å². The lowest BCUT2D eigenvalue weighted by molar-refractivity contribution is -0.137. The zero-order chi connectivity index (χ0) is 31.2. The van der Waals surface area contributed by atoms with Gasteiger partial charge in [-0.05, 0) is 55.7 Å². The number of nitrogens with one attached hydrogen (secondary N) is 3. The molecular weight excluding hydrogens is 594 g/mol. The van der Waals surface area contributed by atoms with Crippen molar-refractivity contribution < 1.29 is 19.4 Å². The van der Waals surface area contributed by atoms with E-state index in [9.17, 15) is 14.7 Å². The molecule has 0 radical (unpaired) electrons. The van der Waals surface area contributed by atoms with Crippen molar-refractivity contribution in [2.45, 2.75) is 57.2 Å². The van der Waals surface area contributed by atoms with Gasteiger partial charge < -0.3 is 30.7 Å². The Hall–Kier alpha value is -4.22. The molecule has 45 heavy (non-hydrogen) atoms. The van der Waals surface area contributed by atoms with Gasteiger partial charge in [0.1, 0.15) is 35.9 Å². The predicted octanol–water partition coefficient (Wildman–Crippen LogP) is 4.88. The number of aliphatic hydroxyl groups excluding tert-OH is 1. The summed E-state index contributed by atoms with van der Waals surface area (Å²) >= 11 is 6.65. The second kappa shape index (κ2) is 14.3. The number of aliphatic hydroxyl groups is 1. The van der Waals surface area contributed by atoms with Gasteiger partial charge in [-0.15, -0.1) is 0 Å². The van der Waals surface area contributed by atoms with Crippen LogP contribution in [0.5, 0.6) is 5.75 Å². The number of halogens is 1. The number of fused-ring (bicyclic) bond motifs is 1. The summed E-state index contributed by atoms with van der Waals surface area (Å²) in [4.78, 5) is 40.8. The number of ether oxygens (including phenoxy) is 1. The Morgan fingerprint density at radius 2 is 1.91 bits per heavy atom. The van der Waals surface area contributed by atoms with Crippen molar-refractivity contribution >= 4 is 46.8 Å². The Labute approximate surface area is 267 Å². The average Bonchev–Trinajstić information content (AvgIpc) is 3.52. The second-order valence-corrected chi connectivity index (χ2v) is 12.1. The number of piperidine rings is 1. The summed E-state index contributed by atoms with van der Waals surface area (Å²) in [5.74, 6) is 1.93. The van der Waals surface area contributed by atoms with E-state index in [4.69, 9.17) is 16.3 Å². The molecule has 1 aliphatic carbocycles. The minimum absolute atomic E-state index is 0.00239. The van der Waals surface area contributed by atoms with Crippen LogP contribution in [0.2, 0.25) is 5.02 Å². The van der Waals surface area contributed by atoms with Gasteiger partial charge in [0.05, 0.1) is 16.3 Å². The first-order chi connectivity index (χ1) is 21.9. The molecule has 1 aromatic carbocycles. The molecule has 1 unspecified atom stereocenters. The molecule has 4 heterocycles. The lowest BCUT2D eigenvalue weighted by Crippen LogP contribution is -2.44. The highest BCUT2D eigenvalue weighted by atomic mass is 35.5. The maximum absolute atomic E-state index is 13.1. The standard InChI is InChI=1S/C33H38ClN7O4/c34-26-18-23(8-9-29(26)45-24-11-15-41(16-12-24)33(44)21-5-1-2-6-21)40-31-25-17-22(10-14-36-30(25)38-20-39-31)32(43)37-19-28(42)27-7-3-4-13-35-27/h3-4,7-9,13,17-18,20-21,24,28,42H,1-2,5-6,10-12,14-16,19H2,(H,37,43)(H2,36,38,39,40). The number of likely N-dealkylation sites (tertiary alicyclic amines) is 1. The second-order valence-electron chi connectivity index (χ2n) is 11.7. The summed E-state index contributed by atoms with van der Waals surface area (Å²) in [6.07, 6.45) is 10.3. The molecule has 0 bridgehead atoms. The van der Waals surface area contributed by atoms with E-state index in [0.717, 1.165) is 38.5 Å². The number of hydrogen-bond donors (Lipinski definition) is 4. The van der Waals surface area contributed by atoms with Crippen LogP contribution in [0.1, 0.15) is 62.3 Å². The van der Waals surface area contributed by atoms with Gasteiger partial charge in [-0.25, -0.2) is 9.97 Å². The molecule has 2 fully saturated rings. The number of rotatable bonds is 9. The topological polar surface area (TPSA) is 142 Å². The van der Waals surface area contributed by atoms with Gasteiger partial charge in [-0.1, -0.05) is 30.5 Å². The fourth-order valence-corrected chi connectivity index (χ4v) is 6.33. The molecule has 0 spiro atoms. The molecule has 6 rings (SSSR count). The molecule has 12 heteroatoms. The van der Waals surface area contributed by atoms with Crippen LogP contribution in [0.25, 0.3) is 6.08 Å². The Morgan fingerprint density at radius 3 is 2.67 bits per heavy atom. The first-order valence-corrected chi connectivity index (χ1v) is 16.0. The van der Waals surface area contributed by atoms with E-state index >= 15 is 0 Å². The number of benzene rings is 1. The molecule has 1 atom stereocenters. The van der Waals surface area contributed by atoms with Crippen LogP contribution in [0.3, 0.4) is 0 Å². The van der Waals surface area contributed by atoms with Crippen LogP contribution in [0, 0.1) is 5.92 Å². The van der Waals surface area contributed by atoms with Gasteiger partial charge in [-0.3, -0.25) is 14.6 Å². The highest BCUT2D eigenvalue weighted by molar-refractivity contribution is 6.32. The first kappa shape index (κ1) is 30.8. The Kier molecular flexibility index (Phi) is 9.75. The average molecular weight is 632 g/mol. The van der Waals surface area contributed by atoms with Crippen molar-refractivity contribution in [1.82, 2.24) is 25.2 Å². The number of anilines is 3. The van der Waals surface area contributed by atoms with Crippen LogP contribution in [0.4, 0.5) is 17.3 Å². The van der Waals surface area contributed by atoms with E-state index in [1.54, 1.807) is 36.5 Å². The SMILES string of the molecule is O=C(NCC(O)c1ccccn1)C1=Cc2c(ncnc2Nc2ccc(OC3CCN(C(=O)C4CCCC4)CC3)c(Cl)c2)NCC1. The molecule has 11 nitrogen and oxygen atoms in total. The van der Waals surface area contributed by atoms with E-state index in [2.05, 4.69) is 30.9 Å². The van der Waals surface area contributed by atoms with Crippen molar-refractivity contribution in [3.63, 3.8) is 0 Å². The number of aromatic nitrogens is 3. The zero-order valence-corrected chi connectivity index (χ0v) is 25.8. The van der Waals surface area contributed by atoms with Crippen molar-refractivity contribution in [2.75, 3.05) is 36.8 Å². The third kappa shape index (κ3) is 7.54. The number of nitrogens with zero attached hydrogens (tertiary/aromatic N) is 4. The van der Waals surface area contributed by atoms with Crippen LogP contribution in [0.15, 0.2) is 54.5 Å². The van der Waals surface area contributed by atoms with E-state index in [0.29, 0.717) is 76.9 Å². The summed E-state index contributed by atoms with van der Waals surface area (Å²) in [5, 5.41) is 20.3. The van der Waals surface area contributed by atoms with E-state index in [-0.39, 0.29) is 24.5 Å². The molecule has 2 aliphatic heterocycles. The van der Waals surface area contributed by atoms with E-state index in [1.807, 2.05) is 17.0 Å². The summed E-state index contributed by atoms with van der Waals surface area (Å²) in [6, 6.07) is 10.8. The lowest BCUT2D eigenvalue weighted by Gasteiger charge is -2.33. The van der Waals surface area contributed by atoms with Gasteiger partial charge in [0.25, 0.3) is 0 Å². The first-order valence-electron chi connectivity index (χ1n) is 15.6. The summed E-state index contributed by atoms with van der Waals surface area (Å²) in [5.41, 5.74) is 2.37. The molecule has 3 aromatic rings. The van der Waals surface area contributed by atoms with Crippen LogP contribution < -0.4 is 20.7 Å². The minimum Gasteiger partial charge on any atom is -0.489 e. The summed E-state index contributed by atoms with van der Waals surface area (Å²) in [6.45, 7) is 1.97. The molecule has 236 valence electrons. The van der Waals surface area contributed by atoms with Gasteiger partial charge >= 0.3 is 0 Å². The number of carbonyl (C=O) groups is 2. The molecule has 3 aliphatic rings. The van der Waals surface area contributed by atoms with Crippen LogP contribution in [-0.2, 0) is 9.59 Å². The van der Waals surface area contributed by atoms with Crippen molar-refractivity contribution in [2.24, 2.45) is 5.92 Å². The summed E-state index contributed by atoms with van der Waals surface area (Å²) < 4.78 is 6.25. The number of carbonyl (C=O) groups excluding carboxylic acids is 2. The third-order valence-corrected chi connectivity index (χ3v) is 8.91. The van der Waals surface area contributed by atoms with Gasteiger partial charge in [-0.2, -0.15) is 0 Å². The van der Waals surface area contributed by atoms with Crippen LogP contribution in [-0.4, -0.2) is 69.1 Å². The molecule has 4 N–H and O–H groups in total. The normalized spacial score (nSPS) is 17.8. The molecule has 2 aromatic heterocycles. The zero-order valence-electron chi connectivity index (χ0n) is 25.0. The predicted molar refractivity (Wildman–Crippen MR) is 172 cm³/mol. The van der Waals surface area contributed by atoms with Crippen LogP contribution >= 0.6 is 11.6 Å². The van der Waals surface area contributed by atoms with Crippen molar-refractivity contribution in [1.29, 1.82) is 0 Å². The Balaban J connectivity index is 1.08. The lowest BCUT2D eigenvalue weighted by atomic mass is 10.0. The van der Waals surface area contributed by atoms with Crippen molar-refractivity contribution in [3.05, 3.63) is 70.8 Å². The van der Waals surface area contributed by atoms with E-state index in [1.165, 1.54) is 6.33 Å². The maximum Gasteiger partial charge on any atom is 0.247 e. The minimum atomic E-state index is -0.914. The van der Waals surface area contributed by atoms with E-state index < -0.39 is 6.10 Å². The van der Waals surface area contributed by atoms with Gasteiger partial charge in [0.15, 0.2) is 0 Å². The highest BCUT2D eigenvalue weighted by Gasteiger charge is 2.30.